The van der Waals surface area contributed by atoms with Crippen LogP contribution in [0.4, 0.5) is 23.5 Å². The number of rotatable bonds is 21. The summed E-state index contributed by atoms with van der Waals surface area (Å²) in [5.74, 6) is 3.88. The monoisotopic (exact) mass is 686 g/mol. The van der Waals surface area contributed by atoms with Gasteiger partial charge in [0.2, 0.25) is 11.9 Å². The molecule has 3 heterocycles. The lowest BCUT2D eigenvalue weighted by Gasteiger charge is -2.34. The summed E-state index contributed by atoms with van der Waals surface area (Å²) in [6.07, 6.45) is 1.97. The molecule has 0 bridgehead atoms. The van der Waals surface area contributed by atoms with Crippen molar-refractivity contribution in [2.75, 3.05) is 142 Å². The Morgan fingerprint density at radius 1 is 0.673 bits per heavy atom. The molecule has 0 saturated carbocycles. The van der Waals surface area contributed by atoms with Gasteiger partial charge in [0, 0.05) is 88.4 Å². The van der Waals surface area contributed by atoms with Gasteiger partial charge in [-0.3, -0.25) is 0 Å². The van der Waals surface area contributed by atoms with E-state index in [9.17, 15) is 0 Å². The Kier molecular flexibility index (Phi) is 15.1. The molecule has 0 unspecified atom stereocenters. The van der Waals surface area contributed by atoms with E-state index >= 15 is 0 Å². The van der Waals surface area contributed by atoms with Crippen molar-refractivity contribution >= 4 is 34.6 Å². The van der Waals surface area contributed by atoms with Gasteiger partial charge in [-0.1, -0.05) is 6.07 Å². The highest BCUT2D eigenvalue weighted by Crippen LogP contribution is 2.35. The number of nitrogens with zero attached hydrogens (tertiary/aromatic N) is 8. The maximum absolute atomic E-state index is 5.70. The summed E-state index contributed by atoms with van der Waals surface area (Å²) in [7, 11) is 13.8. The molecule has 0 spiro atoms. The van der Waals surface area contributed by atoms with E-state index in [1.54, 1.807) is 49.8 Å². The molecule has 0 amide bonds. The van der Waals surface area contributed by atoms with Gasteiger partial charge in [-0.05, 0) is 30.5 Å². The van der Waals surface area contributed by atoms with Gasteiger partial charge in [0.1, 0.15) is 11.0 Å². The zero-order valence-corrected chi connectivity index (χ0v) is 30.4. The lowest BCUT2D eigenvalue weighted by molar-refractivity contribution is 0.0818. The molecule has 49 heavy (non-hydrogen) atoms. The summed E-state index contributed by atoms with van der Waals surface area (Å²) in [6, 6.07) is 5.91. The lowest BCUT2D eigenvalue weighted by atomic mass is 10.1. The third-order valence-corrected chi connectivity index (χ3v) is 8.61. The number of methoxy groups -OCH3 is 7. The van der Waals surface area contributed by atoms with Gasteiger partial charge in [0.15, 0.2) is 23.1 Å². The third-order valence-electron chi connectivity index (χ3n) is 8.61. The third kappa shape index (κ3) is 9.91. The number of hydrogen-bond acceptors (Lipinski definition) is 15. The average molecular weight is 687 g/mol. The molecule has 1 aliphatic rings. The second-order valence-corrected chi connectivity index (χ2v) is 11.8. The van der Waals surface area contributed by atoms with Gasteiger partial charge >= 0.3 is 0 Å². The van der Waals surface area contributed by atoms with Crippen molar-refractivity contribution in [3.8, 4) is 11.5 Å². The van der Waals surface area contributed by atoms with Crippen LogP contribution in [0.5, 0.6) is 11.5 Å². The molecule has 1 fully saturated rings. The summed E-state index contributed by atoms with van der Waals surface area (Å²) in [4.78, 5) is 29.3. The van der Waals surface area contributed by atoms with Crippen molar-refractivity contribution in [2.45, 2.75) is 25.5 Å². The standard InChI is InChI=1S/C34H54N8O7/c1-39(24-25-9-10-27(48-7)28(23-25)49-8)31-29-30(36-33(37-31)41(15-19-43-2)16-20-44-3)32(40-13-11-26(47-6)12-14-40)38-34(35-29)42(17-21-45-4)18-22-46-5/h9-10,23,26H,11-22,24H2,1-8H3. The Morgan fingerprint density at radius 3 is 1.71 bits per heavy atom. The first-order valence-corrected chi connectivity index (χ1v) is 16.7. The van der Waals surface area contributed by atoms with Crippen molar-refractivity contribution in [1.82, 2.24) is 19.9 Å². The number of piperidine rings is 1. The first-order chi connectivity index (χ1) is 23.9. The molecule has 4 rings (SSSR count). The number of anilines is 4. The van der Waals surface area contributed by atoms with Gasteiger partial charge in [-0.15, -0.1) is 0 Å². The SMILES string of the molecule is COCCN(CCOC)c1nc(N2CCC(OC)CC2)c2nc(N(CCOC)CCOC)nc(N(C)Cc3ccc(OC)c(OC)c3)c2n1. The number of aromatic nitrogens is 4. The summed E-state index contributed by atoms with van der Waals surface area (Å²) >= 11 is 0. The van der Waals surface area contributed by atoms with Crippen molar-refractivity contribution in [1.29, 1.82) is 0 Å². The fraction of sp³-hybridized carbons (Fsp3) is 0.647. The van der Waals surface area contributed by atoms with Crippen LogP contribution in [0.1, 0.15) is 18.4 Å². The quantitative estimate of drug-likeness (QED) is 0.163. The topological polar surface area (TPSA) is 129 Å². The highest BCUT2D eigenvalue weighted by molar-refractivity contribution is 5.95. The molecule has 2 aromatic heterocycles. The largest absolute Gasteiger partial charge is 0.493 e. The maximum Gasteiger partial charge on any atom is 0.228 e. The second kappa shape index (κ2) is 19.4. The Hall–Kier alpha value is -3.76. The Balaban J connectivity index is 1.94. The van der Waals surface area contributed by atoms with Crippen molar-refractivity contribution in [3.05, 3.63) is 23.8 Å². The summed E-state index contributed by atoms with van der Waals surface area (Å²) in [5, 5.41) is 0. The first kappa shape index (κ1) is 38.0. The fourth-order valence-electron chi connectivity index (χ4n) is 5.79. The predicted molar refractivity (Wildman–Crippen MR) is 191 cm³/mol. The van der Waals surface area contributed by atoms with Crippen LogP contribution in [-0.4, -0.2) is 149 Å². The predicted octanol–water partition coefficient (Wildman–Crippen LogP) is 2.89. The average Bonchev–Trinajstić information content (AvgIpc) is 3.14. The van der Waals surface area contributed by atoms with E-state index in [1.165, 1.54) is 0 Å². The molecule has 0 atom stereocenters. The molecule has 1 saturated heterocycles. The molecule has 0 N–H and O–H groups in total. The molecular weight excluding hydrogens is 632 g/mol. The zero-order chi connectivity index (χ0) is 35.2. The van der Waals surface area contributed by atoms with Crippen molar-refractivity contribution in [2.24, 2.45) is 0 Å². The summed E-state index contributed by atoms with van der Waals surface area (Å²) in [5.41, 5.74) is 2.35. The molecule has 272 valence electrons. The van der Waals surface area contributed by atoms with Crippen LogP contribution >= 0.6 is 0 Å². The van der Waals surface area contributed by atoms with Crippen LogP contribution < -0.4 is 29.1 Å². The number of fused-ring (bicyclic) bond motifs is 1. The molecule has 15 heteroatoms. The van der Waals surface area contributed by atoms with E-state index in [1.807, 2.05) is 25.2 Å². The van der Waals surface area contributed by atoms with Gasteiger partial charge < -0.3 is 52.8 Å². The van der Waals surface area contributed by atoms with E-state index in [4.69, 9.17) is 53.1 Å². The van der Waals surface area contributed by atoms with E-state index in [0.29, 0.717) is 99.4 Å². The van der Waals surface area contributed by atoms with Crippen molar-refractivity contribution < 1.29 is 33.2 Å². The van der Waals surface area contributed by atoms with E-state index in [0.717, 1.165) is 37.3 Å². The van der Waals surface area contributed by atoms with Gasteiger partial charge in [-0.25, -0.2) is 9.97 Å². The minimum atomic E-state index is 0.204. The molecular formula is C34H54N8O7. The number of benzene rings is 1. The molecule has 0 aliphatic carbocycles. The van der Waals surface area contributed by atoms with Crippen LogP contribution in [0, 0.1) is 0 Å². The Labute approximate surface area is 290 Å². The molecule has 0 radical (unpaired) electrons. The Morgan fingerprint density at radius 2 is 1.20 bits per heavy atom. The van der Waals surface area contributed by atoms with Gasteiger partial charge in [-0.2, -0.15) is 9.97 Å². The molecule has 1 aromatic carbocycles. The van der Waals surface area contributed by atoms with Crippen molar-refractivity contribution in [3.63, 3.8) is 0 Å². The van der Waals surface area contributed by atoms with Crippen LogP contribution in [0.2, 0.25) is 0 Å². The van der Waals surface area contributed by atoms with Crippen LogP contribution in [0.25, 0.3) is 11.0 Å². The summed E-state index contributed by atoms with van der Waals surface area (Å²) in [6.45, 7) is 6.44. The smallest absolute Gasteiger partial charge is 0.228 e. The van der Waals surface area contributed by atoms with Crippen LogP contribution in [0.15, 0.2) is 18.2 Å². The highest BCUT2D eigenvalue weighted by Gasteiger charge is 2.28. The fourth-order valence-corrected chi connectivity index (χ4v) is 5.79. The van der Waals surface area contributed by atoms with Crippen LogP contribution in [0.3, 0.4) is 0 Å². The maximum atomic E-state index is 5.70. The lowest BCUT2D eigenvalue weighted by Crippen LogP contribution is -2.38. The first-order valence-electron chi connectivity index (χ1n) is 16.7. The minimum Gasteiger partial charge on any atom is -0.493 e. The van der Waals surface area contributed by atoms with Crippen LogP contribution in [-0.2, 0) is 30.2 Å². The molecule has 3 aromatic rings. The van der Waals surface area contributed by atoms with E-state index < -0.39 is 0 Å². The molecule has 15 nitrogen and oxygen atoms in total. The Bertz CT molecular complexity index is 1430. The second-order valence-electron chi connectivity index (χ2n) is 11.8. The number of hydrogen-bond donors (Lipinski definition) is 0. The number of ether oxygens (including phenoxy) is 7. The van der Waals surface area contributed by atoms with E-state index in [-0.39, 0.29) is 6.10 Å². The van der Waals surface area contributed by atoms with Gasteiger partial charge in [0.05, 0.1) is 46.8 Å². The summed E-state index contributed by atoms with van der Waals surface area (Å²) < 4.78 is 38.6. The van der Waals surface area contributed by atoms with E-state index in [2.05, 4.69) is 19.6 Å². The highest BCUT2D eigenvalue weighted by atomic mass is 16.5. The zero-order valence-electron chi connectivity index (χ0n) is 30.4. The molecule has 1 aliphatic heterocycles. The normalized spacial score (nSPS) is 13.6. The van der Waals surface area contributed by atoms with Gasteiger partial charge in [0.25, 0.3) is 0 Å². The minimum absolute atomic E-state index is 0.204.